The fourth-order valence-corrected chi connectivity index (χ4v) is 4.85. The first-order chi connectivity index (χ1) is 8.17. The van der Waals surface area contributed by atoms with Crippen molar-refractivity contribution in [2.75, 3.05) is 32.9 Å². The van der Waals surface area contributed by atoms with Crippen LogP contribution in [0.1, 0.15) is 27.2 Å². The molecule has 0 rings (SSSR count). The van der Waals surface area contributed by atoms with Gasteiger partial charge in [0, 0.05) is 25.9 Å². The summed E-state index contributed by atoms with van der Waals surface area (Å²) in [6.07, 6.45) is 0.887. The average molecular weight is 264 g/mol. The third-order valence-electron chi connectivity index (χ3n) is 2.54. The first-order valence-corrected chi connectivity index (χ1v) is 8.43. The van der Waals surface area contributed by atoms with Gasteiger partial charge < -0.3 is 24.7 Å². The fourth-order valence-electron chi connectivity index (χ4n) is 1.85. The van der Waals surface area contributed by atoms with Gasteiger partial charge >= 0.3 is 8.80 Å². The summed E-state index contributed by atoms with van der Waals surface area (Å²) in [5.74, 6) is 0.316. The van der Waals surface area contributed by atoms with E-state index in [2.05, 4.69) is 0 Å². The van der Waals surface area contributed by atoms with E-state index < -0.39 is 8.80 Å². The Morgan fingerprint density at radius 3 is 1.71 bits per heavy atom. The molecule has 4 N–H and O–H groups in total. The highest BCUT2D eigenvalue weighted by Crippen LogP contribution is 2.23. The predicted octanol–water partition coefficient (Wildman–Crippen LogP) is 0.959. The number of hydrogen-bond acceptors (Lipinski definition) is 5. The van der Waals surface area contributed by atoms with Crippen LogP contribution in [-0.2, 0) is 13.3 Å². The van der Waals surface area contributed by atoms with Crippen molar-refractivity contribution >= 4 is 8.80 Å². The van der Waals surface area contributed by atoms with Crippen molar-refractivity contribution in [1.29, 1.82) is 0 Å². The van der Waals surface area contributed by atoms with Crippen LogP contribution in [0.4, 0.5) is 0 Å². The Labute approximate surface area is 106 Å². The summed E-state index contributed by atoms with van der Waals surface area (Å²) in [5, 5.41) is 0. The van der Waals surface area contributed by atoms with Gasteiger partial charge in [-0.25, -0.2) is 0 Å². The van der Waals surface area contributed by atoms with Gasteiger partial charge in [-0.1, -0.05) is 0 Å². The summed E-state index contributed by atoms with van der Waals surface area (Å²) in [5.41, 5.74) is 11.3. The molecular weight excluding hydrogens is 236 g/mol. The van der Waals surface area contributed by atoms with Crippen molar-refractivity contribution in [3.05, 3.63) is 0 Å². The van der Waals surface area contributed by atoms with Crippen LogP contribution in [0.3, 0.4) is 0 Å². The lowest BCUT2D eigenvalue weighted by Crippen LogP contribution is -2.48. The Morgan fingerprint density at radius 1 is 0.941 bits per heavy atom. The van der Waals surface area contributed by atoms with Crippen LogP contribution in [0.2, 0.25) is 6.04 Å². The molecule has 0 aromatic carbocycles. The second-order valence-corrected chi connectivity index (χ2v) is 6.51. The zero-order valence-electron chi connectivity index (χ0n) is 11.4. The van der Waals surface area contributed by atoms with Gasteiger partial charge in [-0.05, 0) is 46.2 Å². The van der Waals surface area contributed by atoms with Gasteiger partial charge in [0.2, 0.25) is 0 Å². The van der Waals surface area contributed by atoms with Gasteiger partial charge in [0.15, 0.2) is 0 Å². The Kier molecular flexibility index (Phi) is 10.00. The molecule has 0 aliphatic carbocycles. The maximum atomic E-state index is 5.79. The first-order valence-electron chi connectivity index (χ1n) is 6.49. The van der Waals surface area contributed by atoms with E-state index in [1.807, 2.05) is 20.8 Å². The summed E-state index contributed by atoms with van der Waals surface area (Å²) in [6.45, 7) is 8.92. The molecule has 0 heterocycles. The van der Waals surface area contributed by atoms with Crippen LogP contribution in [0.25, 0.3) is 0 Å². The summed E-state index contributed by atoms with van der Waals surface area (Å²) >= 11 is 0. The highest BCUT2D eigenvalue weighted by atomic mass is 28.4. The lowest BCUT2D eigenvalue weighted by atomic mass is 10.1. The minimum atomic E-state index is -2.55. The molecule has 0 bridgehead atoms. The van der Waals surface area contributed by atoms with Gasteiger partial charge in [0.1, 0.15) is 0 Å². The van der Waals surface area contributed by atoms with Crippen molar-refractivity contribution in [2.24, 2.45) is 17.4 Å². The third-order valence-corrected chi connectivity index (χ3v) is 5.80. The minimum absolute atomic E-state index is 0.316. The Bertz CT molecular complexity index is 167. The SMILES string of the molecule is CCO[Si](CC(CN)CCN)(OCC)OCC. The van der Waals surface area contributed by atoms with Crippen LogP contribution in [0.15, 0.2) is 0 Å². The van der Waals surface area contributed by atoms with Gasteiger partial charge in [-0.15, -0.1) is 0 Å². The van der Waals surface area contributed by atoms with Crippen molar-refractivity contribution in [2.45, 2.75) is 33.2 Å². The van der Waals surface area contributed by atoms with Crippen molar-refractivity contribution in [1.82, 2.24) is 0 Å². The average Bonchev–Trinajstić information content (AvgIpc) is 2.29. The first kappa shape index (κ1) is 17.0. The molecule has 0 aromatic heterocycles. The molecule has 1 unspecified atom stereocenters. The van der Waals surface area contributed by atoms with E-state index in [9.17, 15) is 0 Å². The van der Waals surface area contributed by atoms with Gasteiger partial charge in [-0.3, -0.25) is 0 Å². The van der Waals surface area contributed by atoms with Crippen molar-refractivity contribution < 1.29 is 13.3 Å². The molecule has 0 aromatic rings. The molecule has 0 radical (unpaired) electrons. The maximum absolute atomic E-state index is 5.79. The zero-order valence-corrected chi connectivity index (χ0v) is 12.4. The second kappa shape index (κ2) is 9.99. The molecule has 5 nitrogen and oxygen atoms in total. The molecule has 0 aliphatic rings. The molecule has 0 spiro atoms. The van der Waals surface area contributed by atoms with E-state index in [0.29, 0.717) is 38.8 Å². The van der Waals surface area contributed by atoms with Gasteiger partial charge in [-0.2, -0.15) is 0 Å². The fraction of sp³-hybridized carbons (Fsp3) is 1.00. The van der Waals surface area contributed by atoms with Crippen molar-refractivity contribution in [3.63, 3.8) is 0 Å². The van der Waals surface area contributed by atoms with Crippen LogP contribution in [0.5, 0.6) is 0 Å². The molecule has 104 valence electrons. The zero-order chi connectivity index (χ0) is 13.1. The van der Waals surface area contributed by atoms with Crippen molar-refractivity contribution in [3.8, 4) is 0 Å². The third kappa shape index (κ3) is 6.49. The molecule has 0 fully saturated rings. The standard InChI is InChI=1S/C11H28N2O3Si/c1-4-14-17(15-5-2,16-6-3)10-11(9-13)7-8-12/h11H,4-10,12-13H2,1-3H3. The smallest absolute Gasteiger partial charge is 0.374 e. The highest BCUT2D eigenvalue weighted by Gasteiger charge is 2.42. The summed E-state index contributed by atoms with van der Waals surface area (Å²) in [7, 11) is -2.55. The van der Waals surface area contributed by atoms with E-state index in [1.165, 1.54) is 0 Å². The number of hydrogen-bond donors (Lipinski definition) is 2. The molecule has 6 heteroatoms. The minimum Gasteiger partial charge on any atom is -0.374 e. The Hall–Kier alpha value is 0.0169. The largest absolute Gasteiger partial charge is 0.501 e. The highest BCUT2D eigenvalue weighted by molar-refractivity contribution is 6.60. The lowest BCUT2D eigenvalue weighted by molar-refractivity contribution is 0.0670. The molecule has 0 saturated carbocycles. The lowest BCUT2D eigenvalue weighted by Gasteiger charge is -2.31. The maximum Gasteiger partial charge on any atom is 0.501 e. The normalized spacial score (nSPS) is 13.9. The van der Waals surface area contributed by atoms with Crippen LogP contribution >= 0.6 is 0 Å². The molecule has 0 saturated heterocycles. The Balaban J connectivity index is 4.59. The van der Waals surface area contributed by atoms with Crippen LogP contribution < -0.4 is 11.5 Å². The van der Waals surface area contributed by atoms with E-state index in [4.69, 9.17) is 24.7 Å². The second-order valence-electron chi connectivity index (χ2n) is 3.87. The topological polar surface area (TPSA) is 79.7 Å². The molecule has 0 aliphatic heterocycles. The summed E-state index contributed by atoms with van der Waals surface area (Å²) in [4.78, 5) is 0. The molecular formula is C11H28N2O3Si. The predicted molar refractivity (Wildman–Crippen MR) is 71.7 cm³/mol. The molecule has 1 atom stereocenters. The van der Waals surface area contributed by atoms with Gasteiger partial charge in [0.05, 0.1) is 0 Å². The van der Waals surface area contributed by atoms with E-state index >= 15 is 0 Å². The van der Waals surface area contributed by atoms with Crippen LogP contribution in [0, 0.1) is 5.92 Å². The van der Waals surface area contributed by atoms with E-state index in [-0.39, 0.29) is 0 Å². The van der Waals surface area contributed by atoms with Crippen LogP contribution in [-0.4, -0.2) is 41.7 Å². The number of nitrogens with two attached hydrogens (primary N) is 2. The molecule has 17 heavy (non-hydrogen) atoms. The molecule has 0 amide bonds. The van der Waals surface area contributed by atoms with Gasteiger partial charge in [0.25, 0.3) is 0 Å². The van der Waals surface area contributed by atoms with E-state index in [1.54, 1.807) is 0 Å². The monoisotopic (exact) mass is 264 g/mol. The quantitative estimate of drug-likeness (QED) is 0.543. The summed E-state index contributed by atoms with van der Waals surface area (Å²) < 4.78 is 17.4. The Morgan fingerprint density at radius 2 is 1.41 bits per heavy atom. The van der Waals surface area contributed by atoms with E-state index in [0.717, 1.165) is 12.5 Å². The number of rotatable bonds is 11. The summed E-state index contributed by atoms with van der Waals surface area (Å²) in [6, 6.07) is 0.760.